The lowest BCUT2D eigenvalue weighted by molar-refractivity contribution is -0.121. The van der Waals surface area contributed by atoms with Crippen LogP contribution in [-0.4, -0.2) is 42.3 Å². The van der Waals surface area contributed by atoms with Gasteiger partial charge in [0.05, 0.1) is 17.5 Å². The van der Waals surface area contributed by atoms with Crippen LogP contribution in [0.15, 0.2) is 33.7 Å². The number of thioether (sulfide) groups is 1. The minimum absolute atomic E-state index is 0.0677. The van der Waals surface area contributed by atoms with Crippen LogP contribution >= 0.6 is 27.7 Å². The maximum atomic E-state index is 12.5. The number of carbonyl (C=O) groups is 1. The van der Waals surface area contributed by atoms with Gasteiger partial charge in [-0.1, -0.05) is 41.5 Å². The molecule has 1 aromatic carbocycles. The quantitative estimate of drug-likeness (QED) is 0.710. The highest BCUT2D eigenvalue weighted by molar-refractivity contribution is 9.10. The van der Waals surface area contributed by atoms with Gasteiger partial charge in [-0.2, -0.15) is 4.99 Å². The van der Waals surface area contributed by atoms with Gasteiger partial charge >= 0.3 is 0 Å². The fourth-order valence-electron chi connectivity index (χ4n) is 3.29. The second-order valence-corrected chi connectivity index (χ2v) is 10.7. The topological polar surface area (TPSA) is 66.8 Å². The molecule has 3 rings (SSSR count). The maximum absolute atomic E-state index is 12.5. The largest absolute Gasteiger partial charge is 0.316 e. The summed E-state index contributed by atoms with van der Waals surface area (Å²) in [5.41, 5.74) is 0.872. The normalized spacial score (nSPS) is 26.4. The molecule has 1 amide bonds. The van der Waals surface area contributed by atoms with Crippen molar-refractivity contribution in [1.82, 2.24) is 0 Å². The summed E-state index contributed by atoms with van der Waals surface area (Å²) in [5, 5.41) is 0.561. The van der Waals surface area contributed by atoms with Crippen LogP contribution in [0.4, 0.5) is 5.69 Å². The average molecular weight is 445 g/mol. The standard InChI is InChI=1S/C17H21BrN2O3S2/c1-3-11(4-2)16(21)19-17-20(13-7-5-12(18)6-8-13)14-9-25(22,23)10-15(14)24-17/h5-8,11,14-15H,3-4,9-10H2,1-2H3/t14-,15+/m0/s1. The Hall–Kier alpha value is -0.860. The predicted molar refractivity (Wildman–Crippen MR) is 107 cm³/mol. The van der Waals surface area contributed by atoms with Gasteiger partial charge in [0.25, 0.3) is 5.91 Å². The molecule has 1 aromatic rings. The molecule has 2 fully saturated rings. The first kappa shape index (κ1) is 18.9. The van der Waals surface area contributed by atoms with E-state index in [2.05, 4.69) is 20.9 Å². The number of rotatable bonds is 4. The Morgan fingerprint density at radius 1 is 1.28 bits per heavy atom. The van der Waals surface area contributed by atoms with E-state index in [9.17, 15) is 13.2 Å². The first-order valence-electron chi connectivity index (χ1n) is 8.39. The van der Waals surface area contributed by atoms with E-state index in [0.29, 0.717) is 5.17 Å². The lowest BCUT2D eigenvalue weighted by Crippen LogP contribution is -2.37. The zero-order valence-corrected chi connectivity index (χ0v) is 17.4. The van der Waals surface area contributed by atoms with Crippen molar-refractivity contribution < 1.29 is 13.2 Å². The molecule has 0 saturated carbocycles. The summed E-state index contributed by atoms with van der Waals surface area (Å²) >= 11 is 4.84. The van der Waals surface area contributed by atoms with Crippen LogP contribution in [0, 0.1) is 5.92 Å². The molecule has 5 nitrogen and oxygen atoms in total. The maximum Gasteiger partial charge on any atom is 0.251 e. The number of nitrogens with zero attached hydrogens (tertiary/aromatic N) is 2. The van der Waals surface area contributed by atoms with Crippen LogP contribution in [0.1, 0.15) is 26.7 Å². The summed E-state index contributed by atoms with van der Waals surface area (Å²) in [6.07, 6.45) is 1.52. The Kier molecular flexibility index (Phi) is 5.60. The van der Waals surface area contributed by atoms with Gasteiger partial charge in [0.2, 0.25) is 0 Å². The third kappa shape index (κ3) is 3.95. The number of sulfone groups is 1. The molecular formula is C17H21BrN2O3S2. The minimum Gasteiger partial charge on any atom is -0.316 e. The van der Waals surface area contributed by atoms with Gasteiger partial charge in [-0.3, -0.25) is 4.79 Å². The lowest BCUT2D eigenvalue weighted by Gasteiger charge is -2.24. The van der Waals surface area contributed by atoms with Gasteiger partial charge in [0.15, 0.2) is 15.0 Å². The number of benzene rings is 1. The summed E-state index contributed by atoms with van der Waals surface area (Å²) < 4.78 is 25.1. The summed E-state index contributed by atoms with van der Waals surface area (Å²) in [6.45, 7) is 3.98. The molecule has 136 valence electrons. The number of halogens is 1. The van der Waals surface area contributed by atoms with E-state index in [-0.39, 0.29) is 34.6 Å². The van der Waals surface area contributed by atoms with E-state index in [1.54, 1.807) is 0 Å². The first-order chi connectivity index (χ1) is 11.8. The highest BCUT2D eigenvalue weighted by Crippen LogP contribution is 2.41. The molecule has 8 heteroatoms. The van der Waals surface area contributed by atoms with E-state index < -0.39 is 9.84 Å². The number of hydrogen-bond acceptors (Lipinski definition) is 4. The zero-order valence-electron chi connectivity index (χ0n) is 14.2. The average Bonchev–Trinajstić information content (AvgIpc) is 3.00. The van der Waals surface area contributed by atoms with Crippen molar-refractivity contribution in [3.05, 3.63) is 28.7 Å². The highest BCUT2D eigenvalue weighted by atomic mass is 79.9. The molecule has 0 spiro atoms. The van der Waals surface area contributed by atoms with Crippen LogP contribution in [0.5, 0.6) is 0 Å². The van der Waals surface area contributed by atoms with Gasteiger partial charge in [-0.05, 0) is 37.1 Å². The summed E-state index contributed by atoms with van der Waals surface area (Å²) in [6, 6.07) is 7.52. The molecule has 2 atom stereocenters. The van der Waals surface area contributed by atoms with Crippen molar-refractivity contribution in [3.8, 4) is 0 Å². The van der Waals surface area contributed by atoms with E-state index in [1.807, 2.05) is 43.0 Å². The number of amidine groups is 1. The smallest absolute Gasteiger partial charge is 0.251 e. The Bertz CT molecular complexity index is 789. The molecule has 2 aliphatic rings. The summed E-state index contributed by atoms with van der Waals surface area (Å²) in [4.78, 5) is 18.8. The molecule has 0 aromatic heterocycles. The van der Waals surface area contributed by atoms with E-state index >= 15 is 0 Å². The summed E-state index contributed by atoms with van der Waals surface area (Å²) in [7, 11) is -3.04. The molecule has 2 aliphatic heterocycles. The van der Waals surface area contributed by atoms with Crippen molar-refractivity contribution in [2.75, 3.05) is 16.4 Å². The second kappa shape index (κ2) is 7.40. The van der Waals surface area contributed by atoms with Crippen molar-refractivity contribution in [2.24, 2.45) is 10.9 Å². The molecule has 0 N–H and O–H groups in total. The van der Waals surface area contributed by atoms with E-state index in [0.717, 1.165) is 23.0 Å². The van der Waals surface area contributed by atoms with Crippen LogP contribution in [0.3, 0.4) is 0 Å². The lowest BCUT2D eigenvalue weighted by atomic mass is 10.0. The van der Waals surface area contributed by atoms with Gasteiger partial charge in [0.1, 0.15) is 0 Å². The van der Waals surface area contributed by atoms with Crippen molar-refractivity contribution in [2.45, 2.75) is 38.0 Å². The number of hydrogen-bond donors (Lipinski definition) is 0. The number of fused-ring (bicyclic) bond motifs is 1. The van der Waals surface area contributed by atoms with Crippen LogP contribution in [0.2, 0.25) is 0 Å². The molecule has 0 radical (unpaired) electrons. The molecule has 0 aliphatic carbocycles. The molecule has 2 heterocycles. The molecular weight excluding hydrogens is 424 g/mol. The second-order valence-electron chi connectivity index (χ2n) is 6.39. The Morgan fingerprint density at radius 3 is 2.52 bits per heavy atom. The number of amides is 1. The Labute approximate surface area is 161 Å². The van der Waals surface area contributed by atoms with Crippen molar-refractivity contribution in [1.29, 1.82) is 0 Å². The number of anilines is 1. The van der Waals surface area contributed by atoms with Gasteiger partial charge < -0.3 is 4.90 Å². The number of carbonyl (C=O) groups excluding carboxylic acids is 1. The highest BCUT2D eigenvalue weighted by Gasteiger charge is 2.49. The first-order valence-corrected chi connectivity index (χ1v) is 11.9. The fraction of sp³-hybridized carbons (Fsp3) is 0.529. The third-order valence-corrected chi connectivity index (χ3v) is 8.45. The van der Waals surface area contributed by atoms with Gasteiger partial charge in [-0.15, -0.1) is 0 Å². The Balaban J connectivity index is 1.97. The van der Waals surface area contributed by atoms with Crippen LogP contribution in [-0.2, 0) is 14.6 Å². The monoisotopic (exact) mass is 444 g/mol. The van der Waals surface area contributed by atoms with Gasteiger partial charge in [-0.25, -0.2) is 8.42 Å². The molecule has 25 heavy (non-hydrogen) atoms. The van der Waals surface area contributed by atoms with Gasteiger partial charge in [0, 0.05) is 21.3 Å². The fourth-order valence-corrected chi connectivity index (χ4v) is 7.48. The van der Waals surface area contributed by atoms with Crippen LogP contribution in [0.25, 0.3) is 0 Å². The zero-order chi connectivity index (χ0) is 18.2. The van der Waals surface area contributed by atoms with E-state index in [4.69, 9.17) is 0 Å². The minimum atomic E-state index is -3.04. The predicted octanol–water partition coefficient (Wildman–Crippen LogP) is 3.49. The molecule has 0 bridgehead atoms. The van der Waals surface area contributed by atoms with E-state index in [1.165, 1.54) is 11.8 Å². The molecule has 0 unspecified atom stereocenters. The number of aliphatic imine (C=N–C) groups is 1. The van der Waals surface area contributed by atoms with Crippen LogP contribution < -0.4 is 4.90 Å². The summed E-state index contributed by atoms with van der Waals surface area (Å²) in [5.74, 6) is 0.0634. The van der Waals surface area contributed by atoms with Crippen molar-refractivity contribution >= 4 is 54.3 Å². The Morgan fingerprint density at radius 2 is 1.92 bits per heavy atom. The molecule has 2 saturated heterocycles. The van der Waals surface area contributed by atoms with Crippen molar-refractivity contribution in [3.63, 3.8) is 0 Å². The third-order valence-electron chi connectivity index (χ3n) is 4.71. The SMILES string of the molecule is CCC(CC)C(=O)N=C1S[C@@H]2CS(=O)(=O)C[C@@H]2N1c1ccc(Br)cc1.